The van der Waals surface area contributed by atoms with Gasteiger partial charge in [0.2, 0.25) is 0 Å². The van der Waals surface area contributed by atoms with Crippen LogP contribution in [0.25, 0.3) is 11.6 Å². The molecule has 0 unspecified atom stereocenters. The lowest BCUT2D eigenvalue weighted by atomic mass is 9.77. The van der Waals surface area contributed by atoms with Crippen LogP contribution in [0.4, 0.5) is 0 Å². The molecule has 1 saturated carbocycles. The lowest BCUT2D eigenvalue weighted by Gasteiger charge is -2.34. The Bertz CT molecular complexity index is 576. The van der Waals surface area contributed by atoms with Crippen LogP contribution in [-0.2, 0) is 12.0 Å². The van der Waals surface area contributed by atoms with Crippen LogP contribution in [0.2, 0.25) is 0 Å². The summed E-state index contributed by atoms with van der Waals surface area (Å²) >= 11 is 1.64. The second-order valence-electron chi connectivity index (χ2n) is 5.66. The topological polar surface area (TPSA) is 77.8 Å². The van der Waals surface area contributed by atoms with Crippen molar-refractivity contribution in [3.63, 3.8) is 0 Å². The third-order valence-electron chi connectivity index (χ3n) is 3.47. The van der Waals surface area contributed by atoms with Gasteiger partial charge in [-0.3, -0.25) is 0 Å². The number of nitrogens with two attached hydrogens (primary N) is 1. The van der Waals surface area contributed by atoms with Crippen LogP contribution >= 0.6 is 23.7 Å². The number of aromatic nitrogens is 3. The van der Waals surface area contributed by atoms with Crippen molar-refractivity contribution in [3.8, 4) is 11.6 Å². The quantitative estimate of drug-likeness (QED) is 0.938. The zero-order valence-electron chi connectivity index (χ0n) is 11.6. The van der Waals surface area contributed by atoms with E-state index in [0.717, 1.165) is 36.4 Å². The zero-order chi connectivity index (χ0) is 13.5. The van der Waals surface area contributed by atoms with Crippen LogP contribution in [0.5, 0.6) is 0 Å². The molecule has 0 radical (unpaired) electrons. The highest BCUT2D eigenvalue weighted by molar-refractivity contribution is 7.09. The molecule has 0 saturated heterocycles. The van der Waals surface area contributed by atoms with Crippen molar-refractivity contribution < 1.29 is 4.52 Å². The second-order valence-corrected chi connectivity index (χ2v) is 6.60. The molecule has 20 heavy (non-hydrogen) atoms. The molecule has 7 heteroatoms. The van der Waals surface area contributed by atoms with E-state index in [9.17, 15) is 0 Å². The number of hydrogen-bond donors (Lipinski definition) is 1. The molecule has 0 aliphatic heterocycles. The summed E-state index contributed by atoms with van der Waals surface area (Å²) in [6.07, 6.45) is 3.98. The average molecular weight is 315 g/mol. The van der Waals surface area contributed by atoms with Crippen molar-refractivity contribution in [2.75, 3.05) is 0 Å². The van der Waals surface area contributed by atoms with E-state index in [1.807, 2.05) is 5.38 Å². The Hall–Kier alpha value is -0.980. The highest BCUT2D eigenvalue weighted by Gasteiger charge is 2.39. The van der Waals surface area contributed by atoms with E-state index in [0.29, 0.717) is 17.6 Å². The Morgan fingerprint density at radius 3 is 2.75 bits per heavy atom. The lowest BCUT2D eigenvalue weighted by Crippen LogP contribution is -2.44. The van der Waals surface area contributed by atoms with Gasteiger partial charge in [-0.15, -0.1) is 23.7 Å². The molecule has 5 nitrogen and oxygen atoms in total. The molecule has 2 heterocycles. The van der Waals surface area contributed by atoms with Crippen molar-refractivity contribution in [1.29, 1.82) is 0 Å². The summed E-state index contributed by atoms with van der Waals surface area (Å²) in [7, 11) is 0. The fraction of sp³-hybridized carbons (Fsp3) is 0.615. The normalized spacial score (nSPS) is 16.8. The van der Waals surface area contributed by atoms with Gasteiger partial charge in [-0.1, -0.05) is 19.0 Å². The Balaban J connectivity index is 0.00000147. The minimum atomic E-state index is -0.376. The first-order valence-electron chi connectivity index (χ1n) is 6.65. The highest BCUT2D eigenvalue weighted by atomic mass is 35.5. The van der Waals surface area contributed by atoms with Crippen LogP contribution in [0.3, 0.4) is 0 Å². The Morgan fingerprint density at radius 1 is 1.40 bits per heavy atom. The molecule has 0 spiro atoms. The predicted octanol–water partition coefficient (Wildman–Crippen LogP) is 3.15. The van der Waals surface area contributed by atoms with Gasteiger partial charge in [-0.25, -0.2) is 4.98 Å². The third-order valence-corrected chi connectivity index (χ3v) is 4.34. The summed E-state index contributed by atoms with van der Waals surface area (Å²) < 4.78 is 5.29. The summed E-state index contributed by atoms with van der Waals surface area (Å²) in [6.45, 7) is 4.36. The van der Waals surface area contributed by atoms with Gasteiger partial charge in [0.25, 0.3) is 5.89 Å². The number of rotatable bonds is 4. The van der Waals surface area contributed by atoms with Crippen molar-refractivity contribution in [2.45, 2.75) is 45.1 Å². The van der Waals surface area contributed by atoms with Crippen LogP contribution in [0.1, 0.15) is 43.9 Å². The fourth-order valence-electron chi connectivity index (χ4n) is 2.16. The second kappa shape index (κ2) is 5.79. The summed E-state index contributed by atoms with van der Waals surface area (Å²) in [6, 6.07) is 0. The molecule has 2 aromatic heterocycles. The van der Waals surface area contributed by atoms with E-state index < -0.39 is 0 Å². The Labute approximate surface area is 128 Å². The van der Waals surface area contributed by atoms with Gasteiger partial charge in [0.1, 0.15) is 5.69 Å². The van der Waals surface area contributed by atoms with Gasteiger partial charge in [0.15, 0.2) is 5.82 Å². The van der Waals surface area contributed by atoms with Crippen LogP contribution in [0.15, 0.2) is 9.90 Å². The maximum Gasteiger partial charge on any atom is 0.277 e. The summed E-state index contributed by atoms with van der Waals surface area (Å²) in [5, 5.41) is 7.09. The van der Waals surface area contributed by atoms with Gasteiger partial charge < -0.3 is 10.3 Å². The molecule has 0 bridgehead atoms. The van der Waals surface area contributed by atoms with Crippen molar-refractivity contribution in [3.05, 3.63) is 16.2 Å². The van der Waals surface area contributed by atoms with E-state index in [4.69, 9.17) is 10.3 Å². The van der Waals surface area contributed by atoms with Crippen LogP contribution in [0, 0.1) is 5.92 Å². The number of thiazole rings is 1. The van der Waals surface area contributed by atoms with Crippen LogP contribution < -0.4 is 5.73 Å². The minimum Gasteiger partial charge on any atom is -0.332 e. The molecule has 0 aromatic carbocycles. The SMILES string of the molecule is CC(C)Cc1nc(-c2nc(C3(N)CCC3)no2)cs1.Cl. The first kappa shape index (κ1) is 15.4. The molecule has 0 atom stereocenters. The largest absolute Gasteiger partial charge is 0.332 e. The maximum absolute atomic E-state index is 6.18. The molecular weight excluding hydrogens is 296 g/mol. The molecule has 2 N–H and O–H groups in total. The van der Waals surface area contributed by atoms with E-state index in [1.54, 1.807) is 11.3 Å². The smallest absolute Gasteiger partial charge is 0.277 e. The van der Waals surface area contributed by atoms with E-state index in [1.165, 1.54) is 0 Å². The molecule has 1 aliphatic rings. The molecule has 1 fully saturated rings. The van der Waals surface area contributed by atoms with Crippen molar-refractivity contribution in [1.82, 2.24) is 15.1 Å². The van der Waals surface area contributed by atoms with Gasteiger partial charge in [-0.2, -0.15) is 4.98 Å². The summed E-state index contributed by atoms with van der Waals surface area (Å²) in [5.74, 6) is 1.70. The number of hydrogen-bond acceptors (Lipinski definition) is 6. The van der Waals surface area contributed by atoms with Gasteiger partial charge in [0, 0.05) is 11.8 Å². The standard InChI is InChI=1S/C13H18N4OS.ClH/c1-8(2)6-10-15-9(7-19-10)11-16-12(17-18-11)13(14)4-3-5-13;/h7-8H,3-6,14H2,1-2H3;1H. The van der Waals surface area contributed by atoms with E-state index in [-0.39, 0.29) is 17.9 Å². The lowest BCUT2D eigenvalue weighted by molar-refractivity contribution is 0.229. The summed E-state index contributed by atoms with van der Waals surface area (Å²) in [4.78, 5) is 8.95. The zero-order valence-corrected chi connectivity index (χ0v) is 13.3. The number of nitrogens with zero attached hydrogens (tertiary/aromatic N) is 3. The van der Waals surface area contributed by atoms with Crippen molar-refractivity contribution in [2.24, 2.45) is 11.7 Å². The van der Waals surface area contributed by atoms with E-state index in [2.05, 4.69) is 29.0 Å². The third kappa shape index (κ3) is 2.87. The minimum absolute atomic E-state index is 0. The van der Waals surface area contributed by atoms with Gasteiger partial charge >= 0.3 is 0 Å². The molecule has 110 valence electrons. The van der Waals surface area contributed by atoms with E-state index >= 15 is 0 Å². The predicted molar refractivity (Wildman–Crippen MR) is 80.9 cm³/mol. The summed E-state index contributed by atoms with van der Waals surface area (Å²) in [5.41, 5.74) is 6.57. The molecule has 2 aromatic rings. The number of halogens is 1. The molecule has 0 amide bonds. The molecular formula is C13H19ClN4OS. The van der Waals surface area contributed by atoms with Crippen LogP contribution in [-0.4, -0.2) is 15.1 Å². The first-order chi connectivity index (χ1) is 9.07. The average Bonchev–Trinajstić information content (AvgIpc) is 2.93. The fourth-order valence-corrected chi connectivity index (χ4v) is 3.14. The molecule has 1 aliphatic carbocycles. The van der Waals surface area contributed by atoms with Gasteiger partial charge in [0.05, 0.1) is 10.5 Å². The highest BCUT2D eigenvalue weighted by Crippen LogP contribution is 2.37. The Morgan fingerprint density at radius 2 is 2.15 bits per heavy atom. The monoisotopic (exact) mass is 314 g/mol. The first-order valence-corrected chi connectivity index (χ1v) is 7.53. The maximum atomic E-state index is 6.18. The van der Waals surface area contributed by atoms with Crippen molar-refractivity contribution >= 4 is 23.7 Å². The van der Waals surface area contributed by atoms with Gasteiger partial charge in [-0.05, 0) is 25.2 Å². The Kier molecular flexibility index (Phi) is 4.46. The molecule has 3 rings (SSSR count).